The van der Waals surface area contributed by atoms with Crippen LogP contribution in [-0.4, -0.2) is 11.1 Å². The van der Waals surface area contributed by atoms with Crippen LogP contribution in [0.25, 0.3) is 0 Å². The van der Waals surface area contributed by atoms with E-state index < -0.39 is 0 Å². The summed E-state index contributed by atoms with van der Waals surface area (Å²) in [5.74, 6) is 0.370. The van der Waals surface area contributed by atoms with Crippen molar-refractivity contribution in [1.29, 1.82) is 0 Å². The van der Waals surface area contributed by atoms with Crippen LogP contribution in [0.5, 0.6) is 0 Å². The summed E-state index contributed by atoms with van der Waals surface area (Å²) in [6.07, 6.45) is 2.96. The molecule has 2 rings (SSSR count). The van der Waals surface area contributed by atoms with Gasteiger partial charge >= 0.3 is 0 Å². The SMILES string of the molecule is O=C(NCc1ccno1)c1ccoc1Br. The Balaban J connectivity index is 1.96. The first-order chi connectivity index (χ1) is 7.27. The van der Waals surface area contributed by atoms with Crippen molar-refractivity contribution in [3.8, 4) is 0 Å². The van der Waals surface area contributed by atoms with Gasteiger partial charge in [0.25, 0.3) is 5.91 Å². The molecule has 0 unspecified atom stereocenters. The topological polar surface area (TPSA) is 68.3 Å². The van der Waals surface area contributed by atoms with Gasteiger partial charge < -0.3 is 14.3 Å². The largest absolute Gasteiger partial charge is 0.457 e. The van der Waals surface area contributed by atoms with Crippen molar-refractivity contribution in [3.63, 3.8) is 0 Å². The zero-order chi connectivity index (χ0) is 10.7. The molecule has 2 heterocycles. The molecule has 0 bridgehead atoms. The third kappa shape index (κ3) is 2.27. The Morgan fingerprint density at radius 3 is 3.00 bits per heavy atom. The van der Waals surface area contributed by atoms with E-state index in [0.29, 0.717) is 22.5 Å². The first-order valence-corrected chi connectivity index (χ1v) is 4.97. The van der Waals surface area contributed by atoms with Gasteiger partial charge in [0.1, 0.15) is 0 Å². The van der Waals surface area contributed by atoms with E-state index in [-0.39, 0.29) is 5.91 Å². The van der Waals surface area contributed by atoms with Gasteiger partial charge in [0, 0.05) is 6.07 Å². The molecule has 0 aliphatic carbocycles. The molecule has 5 nitrogen and oxygen atoms in total. The highest BCUT2D eigenvalue weighted by Gasteiger charge is 2.12. The second-order valence-corrected chi connectivity index (χ2v) is 3.49. The summed E-state index contributed by atoms with van der Waals surface area (Å²) in [4.78, 5) is 11.6. The molecule has 0 aromatic carbocycles. The molecule has 0 aliphatic heterocycles. The summed E-state index contributed by atoms with van der Waals surface area (Å²) in [7, 11) is 0. The fraction of sp³-hybridized carbons (Fsp3) is 0.111. The van der Waals surface area contributed by atoms with Crippen LogP contribution in [0.4, 0.5) is 0 Å². The maximum atomic E-state index is 11.6. The Hall–Kier alpha value is -1.56. The molecule has 0 saturated carbocycles. The molecule has 0 atom stereocenters. The number of halogens is 1. The van der Waals surface area contributed by atoms with Crippen LogP contribution in [0, 0.1) is 0 Å². The number of hydrogen-bond donors (Lipinski definition) is 1. The van der Waals surface area contributed by atoms with Crippen LogP contribution in [0.3, 0.4) is 0 Å². The van der Waals surface area contributed by atoms with Crippen molar-refractivity contribution >= 4 is 21.8 Å². The second kappa shape index (κ2) is 4.31. The number of carbonyl (C=O) groups is 1. The highest BCUT2D eigenvalue weighted by molar-refractivity contribution is 9.10. The summed E-state index contributed by atoms with van der Waals surface area (Å²) < 4.78 is 10.2. The van der Waals surface area contributed by atoms with Crippen LogP contribution < -0.4 is 5.32 Å². The first kappa shape index (κ1) is 9.97. The summed E-state index contributed by atoms with van der Waals surface area (Å²) in [6, 6.07) is 3.27. The van der Waals surface area contributed by atoms with Crippen molar-refractivity contribution in [1.82, 2.24) is 10.5 Å². The highest BCUT2D eigenvalue weighted by Crippen LogP contribution is 2.17. The first-order valence-electron chi connectivity index (χ1n) is 4.18. The van der Waals surface area contributed by atoms with Gasteiger partial charge in [-0.25, -0.2) is 0 Å². The van der Waals surface area contributed by atoms with Gasteiger partial charge in [-0.2, -0.15) is 0 Å². The van der Waals surface area contributed by atoms with E-state index in [1.54, 1.807) is 12.1 Å². The van der Waals surface area contributed by atoms with E-state index in [1.165, 1.54) is 12.5 Å². The minimum Gasteiger partial charge on any atom is -0.457 e. The molecular weight excluding hydrogens is 264 g/mol. The zero-order valence-electron chi connectivity index (χ0n) is 7.57. The van der Waals surface area contributed by atoms with Gasteiger partial charge in [-0.1, -0.05) is 5.16 Å². The van der Waals surface area contributed by atoms with E-state index in [0.717, 1.165) is 0 Å². The number of furan rings is 1. The number of amides is 1. The molecule has 2 aromatic heterocycles. The Morgan fingerprint density at radius 2 is 2.40 bits per heavy atom. The molecule has 0 fully saturated rings. The lowest BCUT2D eigenvalue weighted by Crippen LogP contribution is -2.22. The number of nitrogens with zero attached hydrogens (tertiary/aromatic N) is 1. The van der Waals surface area contributed by atoms with Crippen molar-refractivity contribution < 1.29 is 13.7 Å². The van der Waals surface area contributed by atoms with E-state index >= 15 is 0 Å². The Labute approximate surface area is 93.6 Å². The Bertz CT molecular complexity index is 450. The molecule has 0 saturated heterocycles. The molecule has 1 amide bonds. The van der Waals surface area contributed by atoms with Crippen LogP contribution >= 0.6 is 15.9 Å². The fourth-order valence-electron chi connectivity index (χ4n) is 1.05. The average Bonchev–Trinajstić information content (AvgIpc) is 2.84. The Morgan fingerprint density at radius 1 is 1.53 bits per heavy atom. The third-order valence-corrected chi connectivity index (χ3v) is 2.39. The molecule has 2 aromatic rings. The second-order valence-electron chi connectivity index (χ2n) is 2.77. The standard InChI is InChI=1S/C9H7BrN2O3/c10-8-7(2-4-14-8)9(13)11-5-6-1-3-12-15-6/h1-4H,5H2,(H,11,13). The van der Waals surface area contributed by atoms with E-state index in [1.807, 2.05) is 0 Å². The highest BCUT2D eigenvalue weighted by atomic mass is 79.9. The molecule has 15 heavy (non-hydrogen) atoms. The fourth-order valence-corrected chi connectivity index (χ4v) is 1.47. The maximum Gasteiger partial charge on any atom is 0.256 e. The van der Waals surface area contributed by atoms with Gasteiger partial charge in [0.05, 0.1) is 24.6 Å². The minimum atomic E-state index is -0.230. The summed E-state index contributed by atoms with van der Waals surface area (Å²) in [5.41, 5.74) is 0.453. The van der Waals surface area contributed by atoms with Crippen molar-refractivity contribution in [2.75, 3.05) is 0 Å². The van der Waals surface area contributed by atoms with E-state index in [4.69, 9.17) is 8.94 Å². The molecule has 6 heteroatoms. The van der Waals surface area contributed by atoms with Gasteiger partial charge in [-0.3, -0.25) is 4.79 Å². The van der Waals surface area contributed by atoms with E-state index in [9.17, 15) is 4.79 Å². The maximum absolute atomic E-state index is 11.6. The summed E-state index contributed by atoms with van der Waals surface area (Å²) in [6.45, 7) is 0.302. The van der Waals surface area contributed by atoms with Crippen molar-refractivity contribution in [2.45, 2.75) is 6.54 Å². The normalized spacial score (nSPS) is 10.2. The minimum absolute atomic E-state index is 0.230. The average molecular weight is 271 g/mol. The predicted octanol–water partition coefficient (Wildman–Crippen LogP) is 1.96. The molecule has 0 radical (unpaired) electrons. The van der Waals surface area contributed by atoms with Crippen LogP contribution in [0.15, 0.2) is 38.2 Å². The number of hydrogen-bond acceptors (Lipinski definition) is 4. The molecule has 0 aliphatic rings. The van der Waals surface area contributed by atoms with Crippen LogP contribution in [-0.2, 0) is 6.54 Å². The van der Waals surface area contributed by atoms with Gasteiger partial charge in [0.15, 0.2) is 10.4 Å². The number of aromatic nitrogens is 1. The van der Waals surface area contributed by atoms with Crippen molar-refractivity contribution in [3.05, 3.63) is 40.6 Å². The van der Waals surface area contributed by atoms with Crippen LogP contribution in [0.2, 0.25) is 0 Å². The third-order valence-electron chi connectivity index (χ3n) is 1.78. The van der Waals surface area contributed by atoms with Crippen molar-refractivity contribution in [2.24, 2.45) is 0 Å². The van der Waals surface area contributed by atoms with Crippen LogP contribution in [0.1, 0.15) is 16.1 Å². The van der Waals surface area contributed by atoms with Gasteiger partial charge in [-0.15, -0.1) is 0 Å². The number of rotatable bonds is 3. The smallest absolute Gasteiger partial charge is 0.256 e. The summed E-state index contributed by atoms with van der Waals surface area (Å²) in [5, 5.41) is 6.19. The van der Waals surface area contributed by atoms with Gasteiger partial charge in [-0.05, 0) is 22.0 Å². The lowest BCUT2D eigenvalue weighted by atomic mass is 10.3. The quantitative estimate of drug-likeness (QED) is 0.926. The predicted molar refractivity (Wildman–Crippen MR) is 54.1 cm³/mol. The van der Waals surface area contributed by atoms with E-state index in [2.05, 4.69) is 26.4 Å². The number of carbonyl (C=O) groups excluding carboxylic acids is 1. The zero-order valence-corrected chi connectivity index (χ0v) is 9.15. The lowest BCUT2D eigenvalue weighted by molar-refractivity contribution is 0.0945. The lowest BCUT2D eigenvalue weighted by Gasteiger charge is -1.99. The van der Waals surface area contributed by atoms with Gasteiger partial charge in [0.2, 0.25) is 0 Å². The molecular formula is C9H7BrN2O3. The summed E-state index contributed by atoms with van der Waals surface area (Å²) >= 11 is 3.12. The molecule has 0 spiro atoms. The molecule has 1 N–H and O–H groups in total. The molecule has 78 valence electrons. The number of nitrogens with one attached hydrogen (secondary N) is 1. The Kier molecular flexibility index (Phi) is 2.86. The monoisotopic (exact) mass is 270 g/mol.